The lowest BCUT2D eigenvalue weighted by Crippen LogP contribution is -2.29. The molecule has 136 valence electrons. The number of hydrogen-bond acceptors (Lipinski definition) is 7. The Hall–Kier alpha value is -4.01. The van der Waals surface area contributed by atoms with E-state index in [0.717, 1.165) is 5.69 Å². The van der Waals surface area contributed by atoms with Crippen molar-refractivity contribution in [2.24, 2.45) is 0 Å². The molecule has 2 amide bonds. The average Bonchev–Trinajstić information content (AvgIpc) is 2.64. The number of imide groups is 1. The Labute approximate surface area is 153 Å². The highest BCUT2D eigenvalue weighted by Gasteiger charge is 2.19. The van der Waals surface area contributed by atoms with E-state index in [1.807, 2.05) is 30.3 Å². The van der Waals surface area contributed by atoms with Gasteiger partial charge in [-0.3, -0.25) is 10.1 Å². The molecule has 9 nitrogen and oxygen atoms in total. The third kappa shape index (κ3) is 4.15. The van der Waals surface area contributed by atoms with Crippen LogP contribution < -0.4 is 10.6 Å². The van der Waals surface area contributed by atoms with Crippen LogP contribution in [0.3, 0.4) is 0 Å². The number of hydrogen-bond donors (Lipinski definition) is 4. The van der Waals surface area contributed by atoms with Crippen molar-refractivity contribution < 1.29 is 19.8 Å². The number of carbonyl (C=O) groups is 2. The van der Waals surface area contributed by atoms with Crippen LogP contribution in [0.4, 0.5) is 16.3 Å². The highest BCUT2D eigenvalue weighted by atomic mass is 16.4. The molecule has 0 atom stereocenters. The summed E-state index contributed by atoms with van der Waals surface area (Å²) in [5.74, 6) is -0.928. The van der Waals surface area contributed by atoms with E-state index in [4.69, 9.17) is 5.11 Å². The molecule has 0 unspecified atom stereocenters. The number of anilines is 2. The summed E-state index contributed by atoms with van der Waals surface area (Å²) in [7, 11) is 0. The zero-order chi connectivity index (χ0) is 19.4. The predicted molar refractivity (Wildman–Crippen MR) is 96.9 cm³/mol. The van der Waals surface area contributed by atoms with Crippen molar-refractivity contribution in [2.45, 2.75) is 6.92 Å². The van der Waals surface area contributed by atoms with Gasteiger partial charge in [0.25, 0.3) is 5.91 Å². The van der Waals surface area contributed by atoms with Crippen LogP contribution in [-0.4, -0.2) is 37.4 Å². The Morgan fingerprint density at radius 2 is 1.78 bits per heavy atom. The number of pyridine rings is 1. The van der Waals surface area contributed by atoms with Gasteiger partial charge in [0, 0.05) is 16.9 Å². The van der Waals surface area contributed by atoms with E-state index in [0.29, 0.717) is 22.8 Å². The zero-order valence-corrected chi connectivity index (χ0v) is 14.2. The number of nitrogens with zero attached hydrogens (tertiary/aromatic N) is 3. The van der Waals surface area contributed by atoms with Gasteiger partial charge in [-0.25, -0.2) is 9.78 Å². The summed E-state index contributed by atoms with van der Waals surface area (Å²) in [6.45, 7) is 1.62. The number of aromatic hydroxyl groups is 1. The van der Waals surface area contributed by atoms with E-state index >= 15 is 0 Å². The number of benzene rings is 1. The largest absolute Gasteiger partial charge is 0.505 e. The van der Waals surface area contributed by atoms with Crippen molar-refractivity contribution in [1.82, 2.24) is 20.5 Å². The molecule has 0 spiro atoms. The fourth-order valence-corrected chi connectivity index (χ4v) is 2.39. The van der Waals surface area contributed by atoms with E-state index in [9.17, 15) is 14.7 Å². The first-order valence-corrected chi connectivity index (χ1v) is 7.85. The van der Waals surface area contributed by atoms with Gasteiger partial charge in [-0.05, 0) is 37.3 Å². The van der Waals surface area contributed by atoms with Gasteiger partial charge in [-0.1, -0.05) is 18.2 Å². The molecule has 27 heavy (non-hydrogen) atoms. The maximum atomic E-state index is 11.7. The third-order valence-corrected chi connectivity index (χ3v) is 3.62. The second-order valence-electron chi connectivity index (χ2n) is 5.54. The van der Waals surface area contributed by atoms with E-state index in [1.54, 1.807) is 24.4 Å². The standard InChI is InChI=1S/C18H15N5O4/c1-10-12(9-14(24)16(19-10)17(25)21-18(26)27)13-7-8-15(23-22-13)20-11-5-3-2-4-6-11/h2-9,24H,1H3,(H,20,23)(H,21,25)(H,26,27). The minimum absolute atomic E-state index is 0.381. The summed E-state index contributed by atoms with van der Waals surface area (Å²) in [5.41, 5.74) is 1.79. The molecule has 4 N–H and O–H groups in total. The molecule has 0 saturated heterocycles. The summed E-state index contributed by atoms with van der Waals surface area (Å²) in [6.07, 6.45) is -1.53. The highest BCUT2D eigenvalue weighted by Crippen LogP contribution is 2.27. The molecule has 3 aromatic rings. The molecule has 0 aliphatic rings. The Balaban J connectivity index is 1.85. The molecule has 0 aliphatic heterocycles. The van der Waals surface area contributed by atoms with Gasteiger partial charge < -0.3 is 15.5 Å². The zero-order valence-electron chi connectivity index (χ0n) is 14.2. The average molecular weight is 365 g/mol. The first-order chi connectivity index (χ1) is 12.9. The molecule has 0 saturated carbocycles. The van der Waals surface area contributed by atoms with Crippen molar-refractivity contribution in [3.8, 4) is 17.0 Å². The second kappa shape index (κ2) is 7.48. The van der Waals surface area contributed by atoms with Crippen LogP contribution >= 0.6 is 0 Å². The molecule has 1 aromatic carbocycles. The van der Waals surface area contributed by atoms with E-state index < -0.39 is 17.7 Å². The van der Waals surface area contributed by atoms with Gasteiger partial charge in [0.05, 0.1) is 5.69 Å². The first kappa shape index (κ1) is 17.8. The molecule has 0 aliphatic carbocycles. The van der Waals surface area contributed by atoms with Crippen molar-refractivity contribution in [3.05, 3.63) is 59.9 Å². The smallest absolute Gasteiger partial charge is 0.411 e. The number of nitrogens with one attached hydrogen (secondary N) is 2. The fourth-order valence-electron chi connectivity index (χ4n) is 2.39. The monoisotopic (exact) mass is 365 g/mol. The summed E-state index contributed by atoms with van der Waals surface area (Å²) in [6, 6.07) is 14.2. The van der Waals surface area contributed by atoms with Gasteiger partial charge in [0.1, 0.15) is 5.75 Å². The molecular weight excluding hydrogens is 350 g/mol. The lowest BCUT2D eigenvalue weighted by molar-refractivity contribution is 0.0940. The van der Waals surface area contributed by atoms with Crippen LogP contribution in [0.5, 0.6) is 5.75 Å². The fraction of sp³-hybridized carbons (Fsp3) is 0.0556. The number of amides is 2. The predicted octanol–water partition coefficient (Wildman–Crippen LogP) is 2.70. The summed E-state index contributed by atoms with van der Waals surface area (Å²) >= 11 is 0. The normalized spacial score (nSPS) is 10.3. The third-order valence-electron chi connectivity index (χ3n) is 3.62. The van der Waals surface area contributed by atoms with Gasteiger partial charge in [-0.15, -0.1) is 10.2 Å². The molecule has 9 heteroatoms. The van der Waals surface area contributed by atoms with Gasteiger partial charge in [-0.2, -0.15) is 0 Å². The van der Waals surface area contributed by atoms with Crippen LogP contribution in [-0.2, 0) is 0 Å². The number of aryl methyl sites for hydroxylation is 1. The highest BCUT2D eigenvalue weighted by molar-refractivity contribution is 6.03. The SMILES string of the molecule is Cc1nc(C(=O)NC(=O)O)c(O)cc1-c1ccc(Nc2ccccc2)nn1. The lowest BCUT2D eigenvalue weighted by atomic mass is 10.1. The van der Waals surface area contributed by atoms with Crippen LogP contribution in [0.25, 0.3) is 11.3 Å². The second-order valence-corrected chi connectivity index (χ2v) is 5.54. The minimum Gasteiger partial charge on any atom is -0.505 e. The van der Waals surface area contributed by atoms with Gasteiger partial charge >= 0.3 is 6.09 Å². The van der Waals surface area contributed by atoms with Crippen molar-refractivity contribution >= 4 is 23.5 Å². The number of para-hydroxylation sites is 1. The van der Waals surface area contributed by atoms with Crippen LogP contribution in [0.15, 0.2) is 48.5 Å². The van der Waals surface area contributed by atoms with E-state index in [-0.39, 0.29) is 5.69 Å². The van der Waals surface area contributed by atoms with Gasteiger partial charge in [0.2, 0.25) is 0 Å². The van der Waals surface area contributed by atoms with E-state index in [1.165, 1.54) is 6.07 Å². The minimum atomic E-state index is -1.53. The summed E-state index contributed by atoms with van der Waals surface area (Å²) < 4.78 is 0. The molecular formula is C18H15N5O4. The molecule has 2 aromatic heterocycles. The molecule has 0 radical (unpaired) electrons. The van der Waals surface area contributed by atoms with E-state index in [2.05, 4.69) is 20.5 Å². The summed E-state index contributed by atoms with van der Waals surface area (Å²) in [4.78, 5) is 26.3. The quantitative estimate of drug-likeness (QED) is 0.554. The van der Waals surface area contributed by atoms with Crippen LogP contribution in [0.1, 0.15) is 16.2 Å². The van der Waals surface area contributed by atoms with Crippen LogP contribution in [0.2, 0.25) is 0 Å². The van der Waals surface area contributed by atoms with Gasteiger partial charge in [0.15, 0.2) is 11.5 Å². The Morgan fingerprint density at radius 3 is 2.41 bits per heavy atom. The van der Waals surface area contributed by atoms with Crippen molar-refractivity contribution in [3.63, 3.8) is 0 Å². The Bertz CT molecular complexity index is 991. The Kier molecular flexibility index (Phi) is 4.93. The van der Waals surface area contributed by atoms with Crippen LogP contribution in [0, 0.1) is 6.92 Å². The van der Waals surface area contributed by atoms with Crippen molar-refractivity contribution in [2.75, 3.05) is 5.32 Å². The summed E-state index contributed by atoms with van der Waals surface area (Å²) in [5, 5.41) is 31.6. The maximum absolute atomic E-state index is 11.7. The molecule has 0 fully saturated rings. The Morgan fingerprint density at radius 1 is 1.04 bits per heavy atom. The number of carboxylic acid groups (broad SMARTS) is 1. The van der Waals surface area contributed by atoms with Crippen molar-refractivity contribution in [1.29, 1.82) is 0 Å². The first-order valence-electron chi connectivity index (χ1n) is 7.85. The number of rotatable bonds is 4. The maximum Gasteiger partial charge on any atom is 0.411 e. The molecule has 0 bridgehead atoms. The number of aromatic nitrogens is 3. The molecule has 3 rings (SSSR count). The molecule has 2 heterocycles. The lowest BCUT2D eigenvalue weighted by Gasteiger charge is -2.09. The number of carbonyl (C=O) groups excluding carboxylic acids is 1. The topological polar surface area (TPSA) is 137 Å².